The van der Waals surface area contributed by atoms with Crippen molar-refractivity contribution in [3.8, 4) is 5.75 Å². The summed E-state index contributed by atoms with van der Waals surface area (Å²) in [7, 11) is -4.50. The van der Waals surface area contributed by atoms with Crippen LogP contribution < -0.4 is 4.74 Å². The highest BCUT2D eigenvalue weighted by Gasteiger charge is 2.20. The number of hydrogen-bond donors (Lipinski definition) is 1. The number of nitrogens with zero attached hydrogens (tertiary/aromatic N) is 1. The van der Waals surface area contributed by atoms with Crippen LogP contribution in [0.3, 0.4) is 0 Å². The van der Waals surface area contributed by atoms with Crippen LogP contribution in [0.25, 0.3) is 0 Å². The van der Waals surface area contributed by atoms with Crippen LogP contribution in [0.1, 0.15) is 5.56 Å². The van der Waals surface area contributed by atoms with Crippen LogP contribution in [-0.2, 0) is 16.7 Å². The third kappa shape index (κ3) is 3.77. The average Bonchev–Trinajstić information content (AvgIpc) is 2.45. The van der Waals surface area contributed by atoms with E-state index >= 15 is 0 Å². The molecule has 0 spiro atoms. The van der Waals surface area contributed by atoms with Gasteiger partial charge in [0.1, 0.15) is 11.5 Å². The second-order valence-corrected chi connectivity index (χ2v) is 5.56. The summed E-state index contributed by atoms with van der Waals surface area (Å²) in [5, 5.41) is 11.0. The van der Waals surface area contributed by atoms with Gasteiger partial charge in [0.2, 0.25) is 0 Å². The first-order chi connectivity index (χ1) is 9.88. The van der Waals surface area contributed by atoms with Gasteiger partial charge in [-0.25, -0.2) is 0 Å². The molecule has 0 bridgehead atoms. The number of nitro benzene ring substituents is 1. The van der Waals surface area contributed by atoms with Crippen LogP contribution in [0, 0.1) is 10.1 Å². The largest absolute Gasteiger partial charge is 0.482 e. The van der Waals surface area contributed by atoms with Crippen molar-refractivity contribution in [1.29, 1.82) is 0 Å². The van der Waals surface area contributed by atoms with Crippen LogP contribution in [0.15, 0.2) is 53.4 Å². The Morgan fingerprint density at radius 3 is 2.38 bits per heavy atom. The van der Waals surface area contributed by atoms with E-state index in [9.17, 15) is 18.5 Å². The maximum absolute atomic E-state index is 11.0. The molecule has 110 valence electrons. The molecule has 0 saturated carbocycles. The minimum Gasteiger partial charge on any atom is -0.482 e. The van der Waals surface area contributed by atoms with E-state index < -0.39 is 25.6 Å². The van der Waals surface area contributed by atoms with Crippen molar-refractivity contribution in [3.63, 3.8) is 0 Å². The average molecular weight is 309 g/mol. The molecule has 2 aromatic rings. The molecule has 2 rings (SSSR count). The monoisotopic (exact) mass is 309 g/mol. The molecule has 0 atom stereocenters. The summed E-state index contributed by atoms with van der Waals surface area (Å²) in [4.78, 5) is 9.64. The van der Waals surface area contributed by atoms with Crippen molar-refractivity contribution in [1.82, 2.24) is 0 Å². The number of hydrogen-bond acceptors (Lipinski definition) is 5. The van der Waals surface area contributed by atoms with Crippen molar-refractivity contribution >= 4 is 15.8 Å². The van der Waals surface area contributed by atoms with Gasteiger partial charge in [-0.15, -0.1) is 0 Å². The Kier molecular flexibility index (Phi) is 4.20. The lowest BCUT2D eigenvalue weighted by Crippen LogP contribution is -2.02. The van der Waals surface area contributed by atoms with E-state index in [1.54, 1.807) is 24.3 Å². The molecule has 1 N–H and O–H groups in total. The van der Waals surface area contributed by atoms with Crippen molar-refractivity contribution in [3.05, 3.63) is 64.2 Å². The van der Waals surface area contributed by atoms with E-state index in [2.05, 4.69) is 0 Å². The van der Waals surface area contributed by atoms with Gasteiger partial charge in [-0.2, -0.15) is 8.42 Å². The van der Waals surface area contributed by atoms with Crippen LogP contribution in [0.5, 0.6) is 5.75 Å². The number of ether oxygens (including phenoxy) is 1. The second-order valence-electron chi connectivity index (χ2n) is 4.14. The Labute approximate surface area is 120 Å². The molecule has 0 heterocycles. The summed E-state index contributed by atoms with van der Waals surface area (Å²) in [6.45, 7) is 0.104. The van der Waals surface area contributed by atoms with E-state index in [0.29, 0.717) is 0 Å². The Morgan fingerprint density at radius 2 is 1.81 bits per heavy atom. The predicted octanol–water partition coefficient (Wildman–Crippen LogP) is 2.42. The quantitative estimate of drug-likeness (QED) is 0.516. The van der Waals surface area contributed by atoms with E-state index in [-0.39, 0.29) is 12.4 Å². The summed E-state index contributed by atoms with van der Waals surface area (Å²) in [6.07, 6.45) is 0. The highest BCUT2D eigenvalue weighted by Crippen LogP contribution is 2.30. The molecular formula is C13H11NO6S. The zero-order chi connectivity index (χ0) is 15.5. The lowest BCUT2D eigenvalue weighted by atomic mass is 10.2. The molecule has 0 unspecified atom stereocenters. The van der Waals surface area contributed by atoms with Gasteiger partial charge in [0.05, 0.1) is 4.92 Å². The van der Waals surface area contributed by atoms with Gasteiger partial charge in [-0.3, -0.25) is 14.7 Å². The zero-order valence-electron chi connectivity index (χ0n) is 10.7. The molecule has 2 aromatic carbocycles. The maximum atomic E-state index is 11.0. The van der Waals surface area contributed by atoms with Gasteiger partial charge in [-0.05, 0) is 17.7 Å². The lowest BCUT2D eigenvalue weighted by Gasteiger charge is -2.07. The molecule has 21 heavy (non-hydrogen) atoms. The van der Waals surface area contributed by atoms with Crippen LogP contribution in [-0.4, -0.2) is 17.9 Å². The van der Waals surface area contributed by atoms with Crippen molar-refractivity contribution in [2.24, 2.45) is 0 Å². The molecule has 0 amide bonds. The summed E-state index contributed by atoms with van der Waals surface area (Å²) >= 11 is 0. The number of rotatable bonds is 5. The first-order valence-electron chi connectivity index (χ1n) is 5.80. The second kappa shape index (κ2) is 5.90. The van der Waals surface area contributed by atoms with E-state index in [1.165, 1.54) is 0 Å². The van der Waals surface area contributed by atoms with Gasteiger partial charge < -0.3 is 4.74 Å². The van der Waals surface area contributed by atoms with Crippen LogP contribution in [0.2, 0.25) is 0 Å². The molecule has 0 fully saturated rings. The Morgan fingerprint density at radius 1 is 1.14 bits per heavy atom. The minimum atomic E-state index is -4.50. The predicted molar refractivity (Wildman–Crippen MR) is 73.7 cm³/mol. The van der Waals surface area contributed by atoms with Crippen LogP contribution >= 0.6 is 0 Å². The van der Waals surface area contributed by atoms with Crippen molar-refractivity contribution < 1.29 is 22.6 Å². The lowest BCUT2D eigenvalue weighted by molar-refractivity contribution is -0.386. The topological polar surface area (TPSA) is 107 Å². The molecule has 0 aliphatic rings. The molecule has 0 aliphatic heterocycles. The molecule has 0 aromatic heterocycles. The standard InChI is InChI=1S/C13H11NO6S/c15-14(16)12-8-11(21(17,18)19)6-7-13(12)20-9-10-4-2-1-3-5-10/h1-8H,9H2,(H,17,18,19). The normalized spacial score (nSPS) is 11.1. The SMILES string of the molecule is O=[N+]([O-])c1cc(S(=O)(=O)O)ccc1OCc1ccccc1. The first kappa shape index (κ1) is 14.9. The van der Waals surface area contributed by atoms with Gasteiger partial charge in [0.15, 0.2) is 5.75 Å². The van der Waals surface area contributed by atoms with Crippen molar-refractivity contribution in [2.75, 3.05) is 0 Å². The third-order valence-electron chi connectivity index (χ3n) is 2.66. The summed E-state index contributed by atoms with van der Waals surface area (Å²) < 4.78 is 36.2. The number of benzene rings is 2. The Balaban J connectivity index is 2.29. The van der Waals surface area contributed by atoms with Gasteiger partial charge >= 0.3 is 5.69 Å². The van der Waals surface area contributed by atoms with E-state index in [0.717, 1.165) is 23.8 Å². The third-order valence-corrected chi connectivity index (χ3v) is 3.51. The maximum Gasteiger partial charge on any atom is 0.312 e. The summed E-state index contributed by atoms with van der Waals surface area (Å²) in [6, 6.07) is 12.0. The van der Waals surface area contributed by atoms with Crippen LogP contribution in [0.4, 0.5) is 5.69 Å². The fraction of sp³-hybridized carbons (Fsp3) is 0.0769. The highest BCUT2D eigenvalue weighted by molar-refractivity contribution is 7.85. The molecule has 8 heteroatoms. The van der Waals surface area contributed by atoms with E-state index in [1.807, 2.05) is 6.07 Å². The fourth-order valence-electron chi connectivity index (χ4n) is 1.66. The van der Waals surface area contributed by atoms with Gasteiger partial charge in [0.25, 0.3) is 10.1 Å². The molecule has 7 nitrogen and oxygen atoms in total. The summed E-state index contributed by atoms with van der Waals surface area (Å²) in [5.74, 6) is -0.0729. The number of nitro groups is 1. The Bertz CT molecular complexity index is 757. The zero-order valence-corrected chi connectivity index (χ0v) is 11.5. The van der Waals surface area contributed by atoms with Gasteiger partial charge in [0, 0.05) is 6.07 Å². The molecule has 0 aliphatic carbocycles. The molecule has 0 saturated heterocycles. The minimum absolute atomic E-state index is 0.0729. The molecule has 0 radical (unpaired) electrons. The fourth-order valence-corrected chi connectivity index (χ4v) is 2.16. The van der Waals surface area contributed by atoms with Crippen molar-refractivity contribution in [2.45, 2.75) is 11.5 Å². The van der Waals surface area contributed by atoms with Gasteiger partial charge in [-0.1, -0.05) is 30.3 Å². The Hall–Kier alpha value is -2.45. The van der Waals surface area contributed by atoms with E-state index in [4.69, 9.17) is 9.29 Å². The summed E-state index contributed by atoms with van der Waals surface area (Å²) in [5.41, 5.74) is 0.284. The smallest absolute Gasteiger partial charge is 0.312 e. The first-order valence-corrected chi connectivity index (χ1v) is 7.24. The highest BCUT2D eigenvalue weighted by atomic mass is 32.2. The molecular weight excluding hydrogens is 298 g/mol.